The van der Waals surface area contributed by atoms with Crippen molar-refractivity contribution < 1.29 is 4.79 Å². The molecule has 0 aliphatic carbocycles. The number of carbonyl (C=O) groups is 1. The fourth-order valence-corrected chi connectivity index (χ4v) is 2.67. The van der Waals surface area contributed by atoms with Crippen molar-refractivity contribution in [1.82, 2.24) is 14.9 Å². The number of nitrogens with zero attached hydrogens (tertiary/aromatic N) is 2. The molecule has 5 heteroatoms. The summed E-state index contributed by atoms with van der Waals surface area (Å²) < 4.78 is 0. The van der Waals surface area contributed by atoms with Crippen LogP contribution in [0.4, 0.5) is 0 Å². The highest BCUT2D eigenvalue weighted by molar-refractivity contribution is 7.80. The van der Waals surface area contributed by atoms with Crippen LogP contribution in [0.1, 0.15) is 12.0 Å². The fourth-order valence-electron chi connectivity index (χ4n) is 2.42. The van der Waals surface area contributed by atoms with Crippen LogP contribution < -0.4 is 0 Å². The van der Waals surface area contributed by atoms with Crippen molar-refractivity contribution in [2.75, 3.05) is 12.3 Å². The number of thiol groups is 1. The first-order valence-electron chi connectivity index (χ1n) is 6.07. The van der Waals surface area contributed by atoms with Crippen LogP contribution in [0.15, 0.2) is 24.5 Å². The van der Waals surface area contributed by atoms with E-state index >= 15 is 0 Å². The molecule has 1 aliphatic heterocycles. The first-order chi connectivity index (χ1) is 8.76. The average molecular weight is 261 g/mol. The third kappa shape index (κ3) is 2.10. The molecule has 2 aromatic heterocycles. The number of rotatable bonds is 3. The number of fused-ring (bicyclic) bond motifs is 1. The minimum absolute atomic E-state index is 0.225. The molecule has 3 rings (SSSR count). The Morgan fingerprint density at radius 2 is 2.44 bits per heavy atom. The van der Waals surface area contributed by atoms with Gasteiger partial charge in [-0.05, 0) is 29.4 Å². The summed E-state index contributed by atoms with van der Waals surface area (Å²) in [6, 6.07) is 4.08. The quantitative estimate of drug-likeness (QED) is 0.828. The van der Waals surface area contributed by atoms with Crippen molar-refractivity contribution in [2.45, 2.75) is 13.0 Å². The largest absolute Gasteiger partial charge is 0.346 e. The number of aromatic amines is 1. The van der Waals surface area contributed by atoms with Gasteiger partial charge in [-0.25, -0.2) is 4.98 Å². The highest BCUT2D eigenvalue weighted by Crippen LogP contribution is 2.21. The first kappa shape index (κ1) is 11.6. The minimum Gasteiger partial charge on any atom is -0.346 e. The molecule has 18 heavy (non-hydrogen) atoms. The molecule has 94 valence electrons. The normalized spacial score (nSPS) is 19.9. The van der Waals surface area contributed by atoms with E-state index in [1.807, 2.05) is 23.4 Å². The minimum atomic E-state index is 0.225. The van der Waals surface area contributed by atoms with E-state index in [2.05, 4.69) is 28.7 Å². The van der Waals surface area contributed by atoms with Crippen LogP contribution in [-0.2, 0) is 11.3 Å². The lowest BCUT2D eigenvalue weighted by Crippen LogP contribution is -2.24. The van der Waals surface area contributed by atoms with Gasteiger partial charge in [0, 0.05) is 37.3 Å². The fraction of sp³-hybridized carbons (Fsp3) is 0.385. The van der Waals surface area contributed by atoms with Crippen molar-refractivity contribution in [3.8, 4) is 0 Å². The van der Waals surface area contributed by atoms with E-state index in [1.165, 1.54) is 0 Å². The van der Waals surface area contributed by atoms with Crippen LogP contribution in [0, 0.1) is 5.92 Å². The Hall–Kier alpha value is -1.49. The zero-order valence-electron chi connectivity index (χ0n) is 9.97. The maximum atomic E-state index is 11.8. The number of hydrogen-bond acceptors (Lipinski definition) is 3. The standard InChI is InChI=1S/C13H15N3OS/c17-12-4-10(8-18)7-16(12)6-9-3-11-1-2-14-13(11)15-5-9/h1-3,5,10,18H,4,6-8H2,(H,14,15). The molecule has 1 amide bonds. The molecule has 0 saturated carbocycles. The molecule has 0 bridgehead atoms. The van der Waals surface area contributed by atoms with E-state index in [0.29, 0.717) is 18.9 Å². The Kier molecular flexibility index (Phi) is 2.99. The molecule has 1 aliphatic rings. The zero-order chi connectivity index (χ0) is 12.5. The predicted molar refractivity (Wildman–Crippen MR) is 73.5 cm³/mol. The summed E-state index contributed by atoms with van der Waals surface area (Å²) in [6.07, 6.45) is 4.34. The monoisotopic (exact) mass is 261 g/mol. The van der Waals surface area contributed by atoms with Crippen molar-refractivity contribution in [2.24, 2.45) is 5.92 Å². The lowest BCUT2D eigenvalue weighted by molar-refractivity contribution is -0.128. The van der Waals surface area contributed by atoms with Gasteiger partial charge < -0.3 is 9.88 Å². The molecule has 0 aromatic carbocycles. The number of hydrogen-bond donors (Lipinski definition) is 2. The number of carbonyl (C=O) groups excluding carboxylic acids is 1. The van der Waals surface area contributed by atoms with Crippen molar-refractivity contribution in [3.05, 3.63) is 30.1 Å². The van der Waals surface area contributed by atoms with Crippen molar-refractivity contribution in [1.29, 1.82) is 0 Å². The number of pyridine rings is 1. The Morgan fingerprint density at radius 1 is 1.56 bits per heavy atom. The van der Waals surface area contributed by atoms with Gasteiger partial charge >= 0.3 is 0 Å². The van der Waals surface area contributed by atoms with Gasteiger partial charge in [0.05, 0.1) is 0 Å². The molecule has 3 heterocycles. The molecule has 1 atom stereocenters. The van der Waals surface area contributed by atoms with Crippen LogP contribution in [0.2, 0.25) is 0 Å². The van der Waals surface area contributed by atoms with Gasteiger partial charge in [0.15, 0.2) is 0 Å². The van der Waals surface area contributed by atoms with Gasteiger partial charge in [0.25, 0.3) is 0 Å². The van der Waals surface area contributed by atoms with Crippen LogP contribution in [-0.4, -0.2) is 33.1 Å². The van der Waals surface area contributed by atoms with Gasteiger partial charge in [0.1, 0.15) is 5.65 Å². The molecule has 1 saturated heterocycles. The molecule has 0 spiro atoms. The molecule has 1 fully saturated rings. The third-order valence-electron chi connectivity index (χ3n) is 3.38. The highest BCUT2D eigenvalue weighted by Gasteiger charge is 2.28. The predicted octanol–water partition coefficient (Wildman–Crippen LogP) is 1.84. The van der Waals surface area contributed by atoms with Crippen LogP contribution in [0.5, 0.6) is 0 Å². The average Bonchev–Trinajstić information content (AvgIpc) is 2.96. The molecule has 2 aromatic rings. The summed E-state index contributed by atoms with van der Waals surface area (Å²) in [5, 5.41) is 1.09. The van der Waals surface area contributed by atoms with Gasteiger partial charge in [-0.1, -0.05) is 0 Å². The van der Waals surface area contributed by atoms with Gasteiger partial charge in [0.2, 0.25) is 5.91 Å². The lowest BCUT2D eigenvalue weighted by Gasteiger charge is -2.16. The highest BCUT2D eigenvalue weighted by atomic mass is 32.1. The molecule has 1 N–H and O–H groups in total. The lowest BCUT2D eigenvalue weighted by atomic mass is 10.1. The summed E-state index contributed by atoms with van der Waals surface area (Å²) in [5.74, 6) is 1.39. The van der Waals surface area contributed by atoms with Crippen LogP contribution in [0.3, 0.4) is 0 Å². The number of H-pyrrole nitrogens is 1. The second-order valence-corrected chi connectivity index (χ2v) is 5.15. The number of amides is 1. The molecular weight excluding hydrogens is 246 g/mol. The zero-order valence-corrected chi connectivity index (χ0v) is 10.9. The first-order valence-corrected chi connectivity index (χ1v) is 6.70. The Bertz CT molecular complexity index is 580. The number of likely N-dealkylation sites (tertiary alicyclic amines) is 1. The van der Waals surface area contributed by atoms with Gasteiger partial charge in [-0.3, -0.25) is 4.79 Å². The SMILES string of the molecule is O=C1CC(CS)CN1Cc1cnc2[nH]ccc2c1. The maximum Gasteiger partial charge on any atom is 0.223 e. The van der Waals surface area contributed by atoms with Crippen molar-refractivity contribution >= 4 is 29.6 Å². The topological polar surface area (TPSA) is 49.0 Å². The second kappa shape index (κ2) is 4.65. The van der Waals surface area contributed by atoms with E-state index in [4.69, 9.17) is 0 Å². The Morgan fingerprint density at radius 3 is 3.22 bits per heavy atom. The number of aromatic nitrogens is 2. The van der Waals surface area contributed by atoms with Crippen LogP contribution >= 0.6 is 12.6 Å². The smallest absolute Gasteiger partial charge is 0.223 e. The summed E-state index contributed by atoms with van der Waals surface area (Å²) in [6.45, 7) is 1.46. The third-order valence-corrected chi connectivity index (χ3v) is 3.90. The summed E-state index contributed by atoms with van der Waals surface area (Å²) in [4.78, 5) is 21.1. The molecule has 1 unspecified atom stereocenters. The van der Waals surface area contributed by atoms with Gasteiger partial charge in [-0.15, -0.1) is 0 Å². The van der Waals surface area contributed by atoms with E-state index in [0.717, 1.165) is 28.9 Å². The Labute approximate surface area is 111 Å². The maximum absolute atomic E-state index is 11.8. The van der Waals surface area contributed by atoms with E-state index in [1.54, 1.807) is 0 Å². The van der Waals surface area contributed by atoms with E-state index in [9.17, 15) is 4.79 Å². The summed E-state index contributed by atoms with van der Waals surface area (Å²) >= 11 is 4.27. The van der Waals surface area contributed by atoms with Crippen molar-refractivity contribution in [3.63, 3.8) is 0 Å². The van der Waals surface area contributed by atoms with Gasteiger partial charge in [-0.2, -0.15) is 12.6 Å². The molecule has 4 nitrogen and oxygen atoms in total. The Balaban J connectivity index is 1.77. The molecule has 0 radical (unpaired) electrons. The number of nitrogens with one attached hydrogen (secondary N) is 1. The second-order valence-electron chi connectivity index (χ2n) is 4.79. The summed E-state index contributed by atoms with van der Waals surface area (Å²) in [5.41, 5.74) is 1.97. The van der Waals surface area contributed by atoms with E-state index < -0.39 is 0 Å². The molecular formula is C13H15N3OS. The summed E-state index contributed by atoms with van der Waals surface area (Å²) in [7, 11) is 0. The van der Waals surface area contributed by atoms with Crippen LogP contribution in [0.25, 0.3) is 11.0 Å². The van der Waals surface area contributed by atoms with E-state index in [-0.39, 0.29) is 5.91 Å².